The van der Waals surface area contributed by atoms with E-state index in [4.69, 9.17) is 27.7 Å². The van der Waals surface area contributed by atoms with Gasteiger partial charge in [0, 0.05) is 18.4 Å². The van der Waals surface area contributed by atoms with Gasteiger partial charge in [0.1, 0.15) is 5.76 Å². The van der Waals surface area contributed by atoms with Gasteiger partial charge < -0.3 is 14.7 Å². The number of para-hydroxylation sites is 1. The molecule has 0 radical (unpaired) electrons. The number of rotatable bonds is 7. The Hall–Kier alpha value is -1.70. The second-order valence-corrected chi connectivity index (χ2v) is 7.49. The van der Waals surface area contributed by atoms with Crippen LogP contribution in [0.15, 0.2) is 22.7 Å². The maximum absolute atomic E-state index is 12.2. The van der Waals surface area contributed by atoms with Crippen LogP contribution >= 0.6 is 35.0 Å². The van der Waals surface area contributed by atoms with Gasteiger partial charge in [-0.25, -0.2) is 0 Å². The van der Waals surface area contributed by atoms with E-state index in [1.807, 2.05) is 13.8 Å². The molecule has 1 heterocycles. The summed E-state index contributed by atoms with van der Waals surface area (Å²) in [5.74, 6) is 1.11. The molecule has 2 rings (SSSR count). The van der Waals surface area contributed by atoms with Crippen molar-refractivity contribution in [2.75, 3.05) is 24.7 Å². The highest BCUT2D eigenvalue weighted by atomic mass is 35.5. The molecule has 0 bridgehead atoms. The van der Waals surface area contributed by atoms with Gasteiger partial charge in [-0.1, -0.05) is 34.4 Å². The zero-order valence-electron chi connectivity index (χ0n) is 14.6. The molecule has 26 heavy (non-hydrogen) atoms. The molecule has 140 valence electrons. The second-order valence-electron chi connectivity index (χ2n) is 5.69. The second kappa shape index (κ2) is 9.30. The molecular formula is C17H19Cl2N3O3S. The largest absolute Gasteiger partial charge is 0.361 e. The van der Waals surface area contributed by atoms with Gasteiger partial charge in [-0.05, 0) is 26.0 Å². The van der Waals surface area contributed by atoms with Gasteiger partial charge in [-0.15, -0.1) is 11.8 Å². The highest BCUT2D eigenvalue weighted by molar-refractivity contribution is 7.99. The van der Waals surface area contributed by atoms with Crippen LogP contribution in [0.1, 0.15) is 17.0 Å². The molecule has 0 saturated carbocycles. The quantitative estimate of drug-likeness (QED) is 0.740. The summed E-state index contributed by atoms with van der Waals surface area (Å²) >= 11 is 13.5. The highest BCUT2D eigenvalue weighted by Crippen LogP contribution is 2.29. The molecule has 0 fully saturated rings. The van der Waals surface area contributed by atoms with Crippen molar-refractivity contribution >= 4 is 52.5 Å². The maximum atomic E-state index is 12.2. The molecule has 0 aliphatic carbocycles. The predicted molar refractivity (Wildman–Crippen MR) is 105 cm³/mol. The molecule has 0 atom stereocenters. The number of carbonyl (C=O) groups excluding carboxylic acids is 2. The van der Waals surface area contributed by atoms with Crippen LogP contribution in [0.5, 0.6) is 0 Å². The van der Waals surface area contributed by atoms with E-state index >= 15 is 0 Å². The summed E-state index contributed by atoms with van der Waals surface area (Å²) in [5.41, 5.74) is 2.16. The fraction of sp³-hybridized carbons (Fsp3) is 0.353. The zero-order chi connectivity index (χ0) is 19.3. The Labute approximate surface area is 166 Å². The van der Waals surface area contributed by atoms with E-state index in [2.05, 4.69) is 10.5 Å². The molecule has 0 unspecified atom stereocenters. The summed E-state index contributed by atoms with van der Waals surface area (Å²) in [7, 11) is 1.58. The highest BCUT2D eigenvalue weighted by Gasteiger charge is 2.16. The number of thioether (sulfide) groups is 1. The van der Waals surface area contributed by atoms with Crippen molar-refractivity contribution in [2.45, 2.75) is 19.6 Å². The molecule has 2 amide bonds. The Bertz CT molecular complexity index is 771. The van der Waals surface area contributed by atoms with Crippen molar-refractivity contribution in [1.82, 2.24) is 10.1 Å². The number of hydrogen-bond donors (Lipinski definition) is 1. The smallest absolute Gasteiger partial charge is 0.244 e. The molecule has 0 saturated heterocycles. The number of halogens is 2. The molecule has 2 aromatic rings. The van der Waals surface area contributed by atoms with Crippen LogP contribution in [0.2, 0.25) is 10.0 Å². The van der Waals surface area contributed by atoms with Crippen LogP contribution in [0.25, 0.3) is 0 Å². The standard InChI is InChI=1S/C17H19Cl2N3O3S/c1-10-12(11(2)25-21-10)8-26-9-16(24)22(3)7-15(23)20-17-13(18)5-4-6-14(17)19/h4-6H,7-9H2,1-3H3,(H,20,23). The van der Waals surface area contributed by atoms with E-state index < -0.39 is 0 Å². The van der Waals surface area contributed by atoms with E-state index in [1.165, 1.54) is 16.7 Å². The van der Waals surface area contributed by atoms with Crippen molar-refractivity contribution in [3.63, 3.8) is 0 Å². The van der Waals surface area contributed by atoms with Crippen LogP contribution in [0, 0.1) is 13.8 Å². The third-order valence-corrected chi connectivity index (χ3v) is 5.26. The van der Waals surface area contributed by atoms with E-state index in [-0.39, 0.29) is 24.1 Å². The van der Waals surface area contributed by atoms with Crippen LogP contribution < -0.4 is 5.32 Å². The van der Waals surface area contributed by atoms with Crippen LogP contribution in [-0.4, -0.2) is 41.2 Å². The fourth-order valence-corrected chi connectivity index (χ4v) is 3.76. The maximum Gasteiger partial charge on any atom is 0.244 e. The third kappa shape index (κ3) is 5.40. The lowest BCUT2D eigenvalue weighted by Gasteiger charge is -2.17. The van der Waals surface area contributed by atoms with Crippen molar-refractivity contribution in [3.8, 4) is 0 Å². The molecule has 6 nitrogen and oxygen atoms in total. The van der Waals surface area contributed by atoms with Gasteiger partial charge in [-0.2, -0.15) is 0 Å². The average molecular weight is 416 g/mol. The number of carbonyl (C=O) groups is 2. The number of amides is 2. The minimum Gasteiger partial charge on any atom is -0.361 e. The van der Waals surface area contributed by atoms with Gasteiger partial charge in [0.05, 0.1) is 33.7 Å². The molecule has 9 heteroatoms. The summed E-state index contributed by atoms with van der Waals surface area (Å²) in [6, 6.07) is 4.94. The molecule has 1 N–H and O–H groups in total. The molecule has 0 spiro atoms. The van der Waals surface area contributed by atoms with Gasteiger partial charge in [-0.3, -0.25) is 9.59 Å². The normalized spacial score (nSPS) is 10.7. The Morgan fingerprint density at radius 3 is 2.50 bits per heavy atom. The first-order valence-electron chi connectivity index (χ1n) is 7.77. The lowest BCUT2D eigenvalue weighted by atomic mass is 10.2. The fourth-order valence-electron chi connectivity index (χ4n) is 2.16. The topological polar surface area (TPSA) is 75.4 Å². The molecule has 1 aromatic carbocycles. The molecular weight excluding hydrogens is 397 g/mol. The number of nitrogens with zero attached hydrogens (tertiary/aromatic N) is 2. The minimum absolute atomic E-state index is 0.0910. The number of nitrogens with one attached hydrogen (secondary N) is 1. The third-order valence-electron chi connectivity index (χ3n) is 3.69. The van der Waals surface area contributed by atoms with Crippen LogP contribution in [0.3, 0.4) is 0 Å². The van der Waals surface area contributed by atoms with Crippen LogP contribution in [0.4, 0.5) is 5.69 Å². The zero-order valence-corrected chi connectivity index (χ0v) is 17.0. The Balaban J connectivity index is 1.82. The summed E-state index contributed by atoms with van der Waals surface area (Å²) in [4.78, 5) is 25.7. The number of aryl methyl sites for hydroxylation is 2. The molecule has 1 aromatic heterocycles. The lowest BCUT2D eigenvalue weighted by molar-refractivity contribution is -0.131. The summed E-state index contributed by atoms with van der Waals surface area (Å²) in [5, 5.41) is 7.20. The first kappa shape index (κ1) is 20.6. The number of hydrogen-bond acceptors (Lipinski definition) is 5. The van der Waals surface area contributed by atoms with Crippen molar-refractivity contribution in [1.29, 1.82) is 0 Å². The van der Waals surface area contributed by atoms with Gasteiger partial charge in [0.25, 0.3) is 0 Å². The number of likely N-dealkylation sites (N-methyl/N-ethyl adjacent to an activating group) is 1. The summed E-state index contributed by atoms with van der Waals surface area (Å²) in [6.45, 7) is 3.62. The minimum atomic E-state index is -0.369. The van der Waals surface area contributed by atoms with E-state index in [0.717, 1.165) is 17.0 Å². The van der Waals surface area contributed by atoms with Crippen LogP contribution in [-0.2, 0) is 15.3 Å². The van der Waals surface area contributed by atoms with Crippen molar-refractivity contribution in [2.24, 2.45) is 0 Å². The summed E-state index contributed by atoms with van der Waals surface area (Å²) in [6.07, 6.45) is 0. The van der Waals surface area contributed by atoms with Crippen molar-refractivity contribution < 1.29 is 14.1 Å². The number of benzene rings is 1. The first-order valence-corrected chi connectivity index (χ1v) is 9.68. The Kier molecular flexibility index (Phi) is 7.37. The number of anilines is 1. The lowest BCUT2D eigenvalue weighted by Crippen LogP contribution is -2.36. The number of aromatic nitrogens is 1. The van der Waals surface area contributed by atoms with E-state index in [0.29, 0.717) is 21.5 Å². The van der Waals surface area contributed by atoms with Gasteiger partial charge in [0.15, 0.2) is 0 Å². The summed E-state index contributed by atoms with van der Waals surface area (Å²) < 4.78 is 5.10. The van der Waals surface area contributed by atoms with E-state index in [1.54, 1.807) is 25.2 Å². The SMILES string of the molecule is Cc1noc(C)c1CSCC(=O)N(C)CC(=O)Nc1c(Cl)cccc1Cl. The molecule has 0 aliphatic heterocycles. The monoisotopic (exact) mass is 415 g/mol. The van der Waals surface area contributed by atoms with Gasteiger partial charge >= 0.3 is 0 Å². The Morgan fingerprint density at radius 2 is 1.92 bits per heavy atom. The predicted octanol–water partition coefficient (Wildman–Crippen LogP) is 3.93. The van der Waals surface area contributed by atoms with E-state index in [9.17, 15) is 9.59 Å². The first-order chi connectivity index (χ1) is 12.3. The molecule has 0 aliphatic rings. The van der Waals surface area contributed by atoms with Crippen molar-refractivity contribution in [3.05, 3.63) is 45.3 Å². The average Bonchev–Trinajstić information content (AvgIpc) is 2.90. The Morgan fingerprint density at radius 1 is 1.27 bits per heavy atom. The van der Waals surface area contributed by atoms with Gasteiger partial charge in [0.2, 0.25) is 11.8 Å².